The molecule has 0 spiro atoms. The van der Waals surface area contributed by atoms with Gasteiger partial charge in [0.25, 0.3) is 0 Å². The highest BCUT2D eigenvalue weighted by molar-refractivity contribution is 6.01. The second kappa shape index (κ2) is 8.91. The zero-order chi connectivity index (χ0) is 25.6. The third-order valence-electron chi connectivity index (χ3n) is 7.14. The number of aryl methyl sites for hydroxylation is 2. The second-order valence-corrected chi connectivity index (χ2v) is 10.6. The van der Waals surface area contributed by atoms with Gasteiger partial charge in [0.2, 0.25) is 5.88 Å². The number of nitrogens with two attached hydrogens (primary N) is 1. The standard InChI is InChI=1S/C30H31N3O3/c1-18-9-10-19(2)25(13-18)35-12-11-33-17-22(20-7-5-6-8-23(20)33)27-21(16-31)29(32)36-26-15-30(3,4)14-24(34)28(26)27/h5-10,13,17,27H,11-12,14-15,32H2,1-4H3. The molecule has 184 valence electrons. The zero-order valence-electron chi connectivity index (χ0n) is 21.2. The van der Waals surface area contributed by atoms with Crippen molar-refractivity contribution < 1.29 is 14.3 Å². The number of aromatic nitrogens is 1. The second-order valence-electron chi connectivity index (χ2n) is 10.6. The van der Waals surface area contributed by atoms with E-state index >= 15 is 0 Å². The largest absolute Gasteiger partial charge is 0.491 e. The summed E-state index contributed by atoms with van der Waals surface area (Å²) in [5.41, 5.74) is 11.0. The van der Waals surface area contributed by atoms with Crippen molar-refractivity contribution in [2.45, 2.75) is 53.0 Å². The van der Waals surface area contributed by atoms with Crippen LogP contribution in [0.3, 0.4) is 0 Å². The van der Waals surface area contributed by atoms with E-state index in [1.807, 2.05) is 37.4 Å². The lowest BCUT2D eigenvalue weighted by Gasteiger charge is -2.37. The number of Topliss-reactive ketones (excluding diaryl/α,β-unsaturated/α-hetero) is 1. The summed E-state index contributed by atoms with van der Waals surface area (Å²) in [7, 11) is 0. The van der Waals surface area contributed by atoms with Gasteiger partial charge >= 0.3 is 0 Å². The van der Waals surface area contributed by atoms with Crippen LogP contribution in [0.4, 0.5) is 0 Å². The minimum absolute atomic E-state index is 0.0154. The molecule has 3 aromatic rings. The molecular weight excluding hydrogens is 450 g/mol. The van der Waals surface area contributed by atoms with E-state index in [1.54, 1.807) is 0 Å². The van der Waals surface area contributed by atoms with Gasteiger partial charge in [0.1, 0.15) is 29.8 Å². The molecule has 0 amide bonds. The fraction of sp³-hybridized carbons (Fsp3) is 0.333. The van der Waals surface area contributed by atoms with Crippen LogP contribution in [0.5, 0.6) is 5.75 Å². The van der Waals surface area contributed by atoms with Crippen LogP contribution in [0.1, 0.15) is 49.3 Å². The van der Waals surface area contributed by atoms with E-state index in [-0.39, 0.29) is 22.7 Å². The molecule has 0 saturated heterocycles. The van der Waals surface area contributed by atoms with Gasteiger partial charge in [-0.1, -0.05) is 44.2 Å². The van der Waals surface area contributed by atoms with Crippen LogP contribution in [0, 0.1) is 30.6 Å². The van der Waals surface area contributed by atoms with Crippen molar-refractivity contribution in [1.29, 1.82) is 5.26 Å². The van der Waals surface area contributed by atoms with Gasteiger partial charge in [-0.25, -0.2) is 0 Å². The number of rotatable bonds is 5. The lowest BCUT2D eigenvalue weighted by molar-refractivity contribution is -0.119. The van der Waals surface area contributed by atoms with Gasteiger partial charge in [0, 0.05) is 35.5 Å². The molecule has 6 nitrogen and oxygen atoms in total. The molecule has 5 rings (SSSR count). The topological polar surface area (TPSA) is 90.3 Å². The SMILES string of the molecule is Cc1ccc(C)c(OCCn2cc(C3C(C#N)=C(N)OC4=C3C(=O)CC(C)(C)C4)c3ccccc32)c1. The first-order valence-electron chi connectivity index (χ1n) is 12.3. The Labute approximate surface area is 211 Å². The van der Waals surface area contributed by atoms with Crippen molar-refractivity contribution in [1.82, 2.24) is 4.57 Å². The van der Waals surface area contributed by atoms with Crippen LogP contribution in [0.15, 0.2) is 71.4 Å². The Hall–Kier alpha value is -3.98. The number of ketones is 1. The van der Waals surface area contributed by atoms with Crippen molar-refractivity contribution in [3.63, 3.8) is 0 Å². The third-order valence-corrected chi connectivity index (χ3v) is 7.14. The number of carbonyl (C=O) groups is 1. The molecule has 2 aliphatic rings. The smallest absolute Gasteiger partial charge is 0.205 e. The predicted molar refractivity (Wildman–Crippen MR) is 139 cm³/mol. The summed E-state index contributed by atoms with van der Waals surface area (Å²) in [6.45, 7) is 9.29. The molecule has 2 aromatic carbocycles. The number of carbonyl (C=O) groups excluding carboxylic acids is 1. The third kappa shape index (κ3) is 4.15. The van der Waals surface area contributed by atoms with Gasteiger partial charge in [-0.15, -0.1) is 0 Å². The van der Waals surface area contributed by atoms with Crippen LogP contribution < -0.4 is 10.5 Å². The summed E-state index contributed by atoms with van der Waals surface area (Å²) < 4.78 is 14.1. The Morgan fingerprint density at radius 3 is 2.75 bits per heavy atom. The molecule has 36 heavy (non-hydrogen) atoms. The van der Waals surface area contributed by atoms with Crippen molar-refractivity contribution in [3.8, 4) is 11.8 Å². The average molecular weight is 482 g/mol. The van der Waals surface area contributed by atoms with Crippen molar-refractivity contribution >= 4 is 16.7 Å². The van der Waals surface area contributed by atoms with E-state index in [0.29, 0.717) is 37.3 Å². The van der Waals surface area contributed by atoms with E-state index < -0.39 is 5.92 Å². The number of nitriles is 1. The molecule has 1 aromatic heterocycles. The highest BCUT2D eigenvalue weighted by Gasteiger charge is 2.43. The maximum atomic E-state index is 13.4. The first-order valence-corrected chi connectivity index (χ1v) is 12.3. The van der Waals surface area contributed by atoms with Crippen LogP contribution in [0.25, 0.3) is 10.9 Å². The normalized spacial score (nSPS) is 19.2. The number of benzene rings is 2. The van der Waals surface area contributed by atoms with Crippen LogP contribution in [0.2, 0.25) is 0 Å². The van der Waals surface area contributed by atoms with E-state index in [2.05, 4.69) is 49.6 Å². The molecule has 2 N–H and O–H groups in total. The van der Waals surface area contributed by atoms with Crippen molar-refractivity contribution in [2.24, 2.45) is 11.1 Å². The molecule has 1 atom stereocenters. The molecule has 0 saturated carbocycles. The maximum Gasteiger partial charge on any atom is 0.205 e. The van der Waals surface area contributed by atoms with E-state index in [0.717, 1.165) is 33.3 Å². The van der Waals surface area contributed by atoms with Crippen LogP contribution >= 0.6 is 0 Å². The molecule has 1 aliphatic carbocycles. The minimum atomic E-state index is -0.548. The molecule has 6 heteroatoms. The number of fused-ring (bicyclic) bond motifs is 1. The Morgan fingerprint density at radius 1 is 1.19 bits per heavy atom. The number of hydrogen-bond acceptors (Lipinski definition) is 5. The Balaban J connectivity index is 1.55. The minimum Gasteiger partial charge on any atom is -0.491 e. The first kappa shape index (κ1) is 23.7. The lowest BCUT2D eigenvalue weighted by atomic mass is 9.70. The number of hydrogen-bond donors (Lipinski definition) is 1. The van der Waals surface area contributed by atoms with Gasteiger partial charge < -0.3 is 19.8 Å². The summed E-state index contributed by atoms with van der Waals surface area (Å²) in [5.74, 6) is 1.02. The highest BCUT2D eigenvalue weighted by Crippen LogP contribution is 2.49. The van der Waals surface area contributed by atoms with Gasteiger partial charge in [-0.2, -0.15) is 5.26 Å². The van der Waals surface area contributed by atoms with Crippen LogP contribution in [-0.4, -0.2) is 17.0 Å². The average Bonchev–Trinajstić information content (AvgIpc) is 3.18. The van der Waals surface area contributed by atoms with E-state index in [4.69, 9.17) is 15.2 Å². The Bertz CT molecular complexity index is 1480. The highest BCUT2D eigenvalue weighted by atomic mass is 16.5. The number of para-hydroxylation sites is 1. The van der Waals surface area contributed by atoms with Gasteiger partial charge in [0.15, 0.2) is 5.78 Å². The maximum absolute atomic E-state index is 13.4. The number of allylic oxidation sites excluding steroid dienone is 3. The quantitative estimate of drug-likeness (QED) is 0.498. The van der Waals surface area contributed by atoms with Crippen molar-refractivity contribution in [3.05, 3.63) is 88.1 Å². The van der Waals surface area contributed by atoms with E-state index in [1.165, 1.54) is 0 Å². The molecule has 0 radical (unpaired) electrons. The number of ether oxygens (including phenoxy) is 2. The fourth-order valence-electron chi connectivity index (χ4n) is 5.40. The summed E-state index contributed by atoms with van der Waals surface area (Å²) >= 11 is 0. The predicted octanol–water partition coefficient (Wildman–Crippen LogP) is 5.79. The monoisotopic (exact) mass is 481 g/mol. The van der Waals surface area contributed by atoms with Crippen molar-refractivity contribution in [2.75, 3.05) is 6.61 Å². The van der Waals surface area contributed by atoms with Crippen LogP contribution in [-0.2, 0) is 16.1 Å². The summed E-state index contributed by atoms with van der Waals surface area (Å²) in [4.78, 5) is 13.4. The molecule has 0 fully saturated rings. The van der Waals surface area contributed by atoms with Gasteiger partial charge in [0.05, 0.1) is 12.5 Å². The molecular formula is C30H31N3O3. The molecule has 1 aliphatic heterocycles. The van der Waals surface area contributed by atoms with Gasteiger partial charge in [-0.3, -0.25) is 4.79 Å². The fourth-order valence-corrected chi connectivity index (χ4v) is 5.40. The summed E-state index contributed by atoms with van der Waals surface area (Å²) in [6.07, 6.45) is 3.05. The van der Waals surface area contributed by atoms with E-state index in [9.17, 15) is 10.1 Å². The first-order chi connectivity index (χ1) is 17.2. The summed E-state index contributed by atoms with van der Waals surface area (Å²) in [6, 6.07) is 16.5. The molecule has 2 heterocycles. The molecule has 0 bridgehead atoms. The van der Waals surface area contributed by atoms with Gasteiger partial charge in [-0.05, 0) is 48.1 Å². The number of nitrogens with zero attached hydrogens (tertiary/aromatic N) is 2. The Morgan fingerprint density at radius 2 is 1.97 bits per heavy atom. The summed E-state index contributed by atoms with van der Waals surface area (Å²) in [5, 5.41) is 11.0. The Kier molecular flexibility index (Phi) is 5.88. The lowest BCUT2D eigenvalue weighted by Crippen LogP contribution is -2.33. The zero-order valence-corrected chi connectivity index (χ0v) is 21.2. The molecule has 1 unspecified atom stereocenters.